The van der Waals surface area contributed by atoms with Crippen molar-refractivity contribution in [2.75, 3.05) is 0 Å². The number of rotatable bonds is 3. The summed E-state index contributed by atoms with van der Waals surface area (Å²) in [4.78, 5) is 0. The van der Waals surface area contributed by atoms with Crippen LogP contribution in [-0.4, -0.2) is 4.57 Å². The molecule has 0 aliphatic rings. The second-order valence-corrected chi connectivity index (χ2v) is 10.0. The third-order valence-electron chi connectivity index (χ3n) is 7.78. The summed E-state index contributed by atoms with van der Waals surface area (Å²) in [5.41, 5.74) is 8.04. The van der Waals surface area contributed by atoms with Crippen molar-refractivity contribution < 1.29 is 31.1 Å². The van der Waals surface area contributed by atoms with Gasteiger partial charge in [-0.15, -0.1) is 17.7 Å². The van der Waals surface area contributed by atoms with E-state index in [2.05, 4.69) is 132 Å². The fourth-order valence-corrected chi connectivity index (χ4v) is 6.01. The van der Waals surface area contributed by atoms with E-state index in [4.69, 9.17) is 0 Å². The van der Waals surface area contributed by atoms with Crippen molar-refractivity contribution in [2.24, 2.45) is 0 Å². The Balaban J connectivity index is 0.00000264. The van der Waals surface area contributed by atoms with Crippen LogP contribution in [0.15, 0.2) is 140 Å². The zero-order chi connectivity index (χ0) is 25.8. The third-order valence-corrected chi connectivity index (χ3v) is 7.78. The minimum Gasteiger partial charge on any atom is -0.309 e. The monoisotopic (exact) mass is 731 g/mol. The van der Waals surface area contributed by atoms with E-state index in [1.165, 1.54) is 54.5 Å². The maximum atomic E-state index is 3.38. The van der Waals surface area contributed by atoms with Crippen LogP contribution in [0.5, 0.6) is 0 Å². The van der Waals surface area contributed by atoms with Gasteiger partial charge in [0.1, 0.15) is 0 Å². The van der Waals surface area contributed by atoms with Crippen molar-refractivity contribution in [3.05, 3.63) is 152 Å². The normalized spacial score (nSPS) is 11.3. The van der Waals surface area contributed by atoms with Gasteiger partial charge in [0, 0.05) is 16.5 Å². The van der Waals surface area contributed by atoms with Gasteiger partial charge in [-0.2, -0.15) is 42.5 Å². The quantitative estimate of drug-likeness (QED) is 0.160. The van der Waals surface area contributed by atoms with Crippen molar-refractivity contribution in [2.45, 2.75) is 0 Å². The minimum atomic E-state index is 0. The average Bonchev–Trinajstić information content (AvgIpc) is 3.37. The molecule has 0 spiro atoms. The molecule has 0 fully saturated rings. The molecule has 8 aromatic rings. The van der Waals surface area contributed by atoms with Crippen molar-refractivity contribution in [1.82, 2.24) is 4.57 Å². The Morgan fingerprint density at radius 3 is 1.75 bits per heavy atom. The van der Waals surface area contributed by atoms with Crippen molar-refractivity contribution in [3.63, 3.8) is 0 Å². The number of aromatic nitrogens is 1. The first-order chi connectivity index (χ1) is 19.3. The molecule has 0 N–H and O–H groups in total. The van der Waals surface area contributed by atoms with E-state index in [9.17, 15) is 0 Å². The Bertz CT molecular complexity index is 2080. The van der Waals surface area contributed by atoms with Gasteiger partial charge < -0.3 is 4.57 Å². The van der Waals surface area contributed by atoms with Crippen molar-refractivity contribution in [3.8, 4) is 27.9 Å². The molecule has 8 rings (SSSR count). The number of nitrogens with zero attached hydrogens (tertiary/aromatic N) is 1. The Kier molecular flexibility index (Phi) is 6.32. The van der Waals surface area contributed by atoms with Gasteiger partial charge in [-0.25, -0.2) is 11.1 Å². The van der Waals surface area contributed by atoms with Crippen LogP contribution in [0.25, 0.3) is 71.3 Å². The van der Waals surface area contributed by atoms with Crippen molar-refractivity contribution in [1.29, 1.82) is 0 Å². The molecule has 184 valence electrons. The maximum absolute atomic E-state index is 3.38. The van der Waals surface area contributed by atoms with Crippen LogP contribution in [0.3, 0.4) is 0 Å². The molecule has 0 atom stereocenters. The third kappa shape index (κ3) is 3.99. The predicted octanol–water partition coefficient (Wildman–Crippen LogP) is 10.0. The van der Waals surface area contributed by atoms with E-state index in [1.807, 2.05) is 24.3 Å². The summed E-state index contributed by atoms with van der Waals surface area (Å²) >= 11 is 0. The van der Waals surface area contributed by atoms with Crippen LogP contribution in [0.2, 0.25) is 0 Å². The topological polar surface area (TPSA) is 4.93 Å². The Morgan fingerprint density at radius 1 is 0.450 bits per heavy atom. The molecule has 2 heteroatoms. The summed E-state index contributed by atoms with van der Waals surface area (Å²) in [5, 5.41) is 7.71. The first kappa shape index (κ1) is 24.9. The maximum Gasteiger partial charge on any atom is 2.00 e. The van der Waals surface area contributed by atoms with Gasteiger partial charge in [-0.3, -0.25) is 0 Å². The standard InChI is InChI=1S/C38H23N.U/c1-2-10-26(11-3-1)29-14-8-15-30(24-29)31-16-9-17-32(25-31)39-35-22-20-27-12-4-6-18-33(27)37(35)38-34-19-7-5-13-28(34)21-23-36(38)39;/h1-10,12-13,15-25H;/q-2;+2. The summed E-state index contributed by atoms with van der Waals surface area (Å²) in [6.45, 7) is 0. The molecular formula is C38H23NU. The molecular weight excluding hydrogens is 708 g/mol. The Hall–Kier alpha value is -4.09. The van der Waals surface area contributed by atoms with Crippen LogP contribution in [0.1, 0.15) is 0 Å². The largest absolute Gasteiger partial charge is 2.00 e. The molecule has 1 nitrogen and oxygen atoms in total. The minimum absolute atomic E-state index is 0. The summed E-state index contributed by atoms with van der Waals surface area (Å²) in [6, 6.07) is 56.5. The summed E-state index contributed by atoms with van der Waals surface area (Å²) in [6.07, 6.45) is 0. The van der Waals surface area contributed by atoms with Crippen LogP contribution in [-0.2, 0) is 0 Å². The molecule has 0 unspecified atom stereocenters. The van der Waals surface area contributed by atoms with Gasteiger partial charge in [0.05, 0.1) is 11.0 Å². The number of hydrogen-bond donors (Lipinski definition) is 0. The van der Waals surface area contributed by atoms with Gasteiger partial charge in [-0.05, 0) is 51.4 Å². The second kappa shape index (κ2) is 10.1. The molecule has 1 heterocycles. The van der Waals surface area contributed by atoms with E-state index in [0.717, 1.165) is 16.8 Å². The second-order valence-electron chi connectivity index (χ2n) is 10.0. The van der Waals surface area contributed by atoms with Gasteiger partial charge in [-0.1, -0.05) is 72.8 Å². The first-order valence-corrected chi connectivity index (χ1v) is 13.3. The summed E-state index contributed by atoms with van der Waals surface area (Å²) < 4.78 is 2.42. The number of fused-ring (bicyclic) bond motifs is 7. The van der Waals surface area contributed by atoms with E-state index in [1.54, 1.807) is 0 Å². The molecule has 0 amide bonds. The van der Waals surface area contributed by atoms with Crippen LogP contribution in [0, 0.1) is 43.2 Å². The number of hydrogen-bond acceptors (Lipinski definition) is 0. The van der Waals surface area contributed by atoms with Crippen molar-refractivity contribution >= 4 is 43.4 Å². The van der Waals surface area contributed by atoms with Crippen LogP contribution in [0.4, 0.5) is 0 Å². The van der Waals surface area contributed by atoms with Gasteiger partial charge in [0.2, 0.25) is 0 Å². The average molecular weight is 732 g/mol. The number of benzene rings is 7. The zero-order valence-corrected chi connectivity index (χ0v) is 25.9. The van der Waals surface area contributed by atoms with Gasteiger partial charge in [0.15, 0.2) is 0 Å². The molecule has 0 radical (unpaired) electrons. The molecule has 7 aromatic carbocycles. The molecule has 0 saturated carbocycles. The Morgan fingerprint density at radius 2 is 1.07 bits per heavy atom. The van der Waals surface area contributed by atoms with E-state index in [0.29, 0.717) is 0 Å². The molecule has 0 saturated heterocycles. The molecule has 0 aliphatic carbocycles. The molecule has 0 aliphatic heterocycles. The Labute approximate surface area is 257 Å². The van der Waals surface area contributed by atoms with E-state index < -0.39 is 0 Å². The fraction of sp³-hybridized carbons (Fsp3) is 0. The van der Waals surface area contributed by atoms with E-state index in [-0.39, 0.29) is 31.1 Å². The summed E-state index contributed by atoms with van der Waals surface area (Å²) in [7, 11) is 0. The van der Waals surface area contributed by atoms with Crippen LogP contribution >= 0.6 is 0 Å². The van der Waals surface area contributed by atoms with Crippen LogP contribution < -0.4 is 0 Å². The zero-order valence-electron chi connectivity index (χ0n) is 21.7. The fourth-order valence-electron chi connectivity index (χ4n) is 6.01. The SMILES string of the molecule is [U+2].[c-]1ccccc1-c1[c-]ccc(-c2cccc(-n3c4ccc5ccccc5c4c4c5ccccc5ccc43)c2)c1. The summed E-state index contributed by atoms with van der Waals surface area (Å²) in [5.74, 6) is 0. The van der Waals surface area contributed by atoms with Gasteiger partial charge in [0.25, 0.3) is 0 Å². The predicted molar refractivity (Wildman–Crippen MR) is 164 cm³/mol. The molecule has 1 aromatic heterocycles. The smallest absolute Gasteiger partial charge is 0.309 e. The molecule has 0 bridgehead atoms. The van der Waals surface area contributed by atoms with E-state index >= 15 is 0 Å². The first-order valence-electron chi connectivity index (χ1n) is 13.3. The van der Waals surface area contributed by atoms with Gasteiger partial charge >= 0.3 is 31.1 Å². The molecule has 40 heavy (non-hydrogen) atoms.